The van der Waals surface area contributed by atoms with Crippen molar-refractivity contribution >= 4 is 16.7 Å². The van der Waals surface area contributed by atoms with Crippen molar-refractivity contribution in [1.82, 2.24) is 20.1 Å². The number of aromatic nitrogens is 3. The van der Waals surface area contributed by atoms with Gasteiger partial charge >= 0.3 is 0 Å². The van der Waals surface area contributed by atoms with Crippen molar-refractivity contribution in [2.75, 3.05) is 6.61 Å². The molecule has 6 heteroatoms. The molecule has 2 aromatic carbocycles. The largest absolute Gasteiger partial charge is 0.484 e. The first-order valence-corrected chi connectivity index (χ1v) is 9.51. The Labute approximate surface area is 158 Å². The van der Waals surface area contributed by atoms with Gasteiger partial charge in [0.05, 0.1) is 6.04 Å². The minimum Gasteiger partial charge on any atom is -0.484 e. The first-order chi connectivity index (χ1) is 13.2. The van der Waals surface area contributed by atoms with Crippen LogP contribution in [0.3, 0.4) is 0 Å². The molecule has 3 aromatic rings. The van der Waals surface area contributed by atoms with Crippen LogP contribution in [0.4, 0.5) is 0 Å². The fourth-order valence-corrected chi connectivity index (χ4v) is 3.78. The molecule has 27 heavy (non-hydrogen) atoms. The van der Waals surface area contributed by atoms with E-state index < -0.39 is 0 Å². The zero-order valence-electron chi connectivity index (χ0n) is 15.5. The van der Waals surface area contributed by atoms with Gasteiger partial charge in [-0.3, -0.25) is 4.79 Å². The van der Waals surface area contributed by atoms with Gasteiger partial charge in [-0.15, -0.1) is 10.2 Å². The maximum absolute atomic E-state index is 12.3. The van der Waals surface area contributed by atoms with Gasteiger partial charge in [0.25, 0.3) is 5.91 Å². The molecule has 1 aliphatic carbocycles. The van der Waals surface area contributed by atoms with Crippen LogP contribution in [-0.2, 0) is 4.79 Å². The summed E-state index contributed by atoms with van der Waals surface area (Å²) in [6, 6.07) is 14.1. The monoisotopic (exact) mass is 364 g/mol. The van der Waals surface area contributed by atoms with Crippen LogP contribution in [0.5, 0.6) is 5.75 Å². The fourth-order valence-electron chi connectivity index (χ4n) is 3.78. The number of rotatable bonds is 6. The topological polar surface area (TPSA) is 69.0 Å². The highest BCUT2D eigenvalue weighted by Crippen LogP contribution is 2.31. The molecule has 1 unspecified atom stereocenters. The van der Waals surface area contributed by atoms with Gasteiger partial charge in [0.2, 0.25) is 0 Å². The van der Waals surface area contributed by atoms with Crippen LogP contribution in [0.1, 0.15) is 50.5 Å². The third-order valence-electron chi connectivity index (χ3n) is 5.17. The number of nitrogens with one attached hydrogen (secondary N) is 1. The third kappa shape index (κ3) is 3.94. The number of nitrogens with zero attached hydrogens (tertiary/aromatic N) is 3. The Bertz CT molecular complexity index is 931. The van der Waals surface area contributed by atoms with Crippen LogP contribution in [0.15, 0.2) is 48.8 Å². The van der Waals surface area contributed by atoms with Crippen LogP contribution in [-0.4, -0.2) is 27.3 Å². The zero-order valence-corrected chi connectivity index (χ0v) is 15.5. The Balaban J connectivity index is 1.35. The summed E-state index contributed by atoms with van der Waals surface area (Å²) in [5.41, 5.74) is 0. The van der Waals surface area contributed by atoms with E-state index in [0.29, 0.717) is 11.8 Å². The molecule has 4 rings (SSSR count). The predicted molar refractivity (Wildman–Crippen MR) is 104 cm³/mol. The molecule has 0 saturated heterocycles. The number of amides is 1. The van der Waals surface area contributed by atoms with Gasteiger partial charge in [-0.25, -0.2) is 0 Å². The highest BCUT2D eigenvalue weighted by molar-refractivity contribution is 5.84. The average molecular weight is 364 g/mol. The van der Waals surface area contributed by atoms with Gasteiger partial charge in [-0.2, -0.15) is 0 Å². The molecular formula is C21H24N4O2. The molecule has 1 N–H and O–H groups in total. The first kappa shape index (κ1) is 17.5. The van der Waals surface area contributed by atoms with Crippen LogP contribution in [0, 0.1) is 0 Å². The van der Waals surface area contributed by atoms with E-state index in [4.69, 9.17) is 4.74 Å². The van der Waals surface area contributed by atoms with E-state index in [-0.39, 0.29) is 18.6 Å². The molecule has 1 aromatic heterocycles. The van der Waals surface area contributed by atoms with Crippen molar-refractivity contribution in [2.45, 2.75) is 44.7 Å². The molecule has 140 valence electrons. The van der Waals surface area contributed by atoms with Crippen molar-refractivity contribution < 1.29 is 9.53 Å². The SMILES string of the molecule is CC(NC(=O)COc1ccc2ccccc2c1)c1nncn1C1CCCC1. The molecule has 1 fully saturated rings. The molecule has 1 atom stereocenters. The predicted octanol–water partition coefficient (Wildman–Crippen LogP) is 3.80. The molecule has 0 bridgehead atoms. The van der Waals surface area contributed by atoms with Crippen molar-refractivity contribution in [3.63, 3.8) is 0 Å². The standard InChI is InChI=1S/C21H24N4O2/c1-15(21-24-22-14-25(21)18-8-4-5-9-18)23-20(26)13-27-19-11-10-16-6-2-3-7-17(16)12-19/h2-3,6-7,10-12,14-15,18H,4-5,8-9,13H2,1H3,(H,23,26). The van der Waals surface area contributed by atoms with Gasteiger partial charge in [-0.05, 0) is 42.7 Å². The Kier molecular flexibility index (Phi) is 5.05. The van der Waals surface area contributed by atoms with E-state index in [2.05, 4.69) is 20.1 Å². The number of ether oxygens (including phenoxy) is 1. The third-order valence-corrected chi connectivity index (χ3v) is 5.17. The molecule has 0 radical (unpaired) electrons. The zero-order chi connectivity index (χ0) is 18.6. The number of fused-ring (bicyclic) bond motifs is 1. The average Bonchev–Trinajstić information content (AvgIpc) is 3.37. The summed E-state index contributed by atoms with van der Waals surface area (Å²) in [5, 5.41) is 13.5. The lowest BCUT2D eigenvalue weighted by Gasteiger charge is -2.18. The lowest BCUT2D eigenvalue weighted by Crippen LogP contribution is -2.33. The smallest absolute Gasteiger partial charge is 0.258 e. The van der Waals surface area contributed by atoms with Gasteiger partial charge in [0.15, 0.2) is 12.4 Å². The van der Waals surface area contributed by atoms with Crippen molar-refractivity contribution in [3.8, 4) is 5.75 Å². The van der Waals surface area contributed by atoms with Gasteiger partial charge < -0.3 is 14.6 Å². The van der Waals surface area contributed by atoms with Gasteiger partial charge in [0.1, 0.15) is 12.1 Å². The first-order valence-electron chi connectivity index (χ1n) is 9.51. The summed E-state index contributed by atoms with van der Waals surface area (Å²) < 4.78 is 7.78. The molecule has 0 aliphatic heterocycles. The van der Waals surface area contributed by atoms with E-state index in [1.807, 2.05) is 49.4 Å². The number of benzene rings is 2. The van der Waals surface area contributed by atoms with Crippen molar-refractivity contribution in [3.05, 3.63) is 54.6 Å². The highest BCUT2D eigenvalue weighted by atomic mass is 16.5. The number of carbonyl (C=O) groups excluding carboxylic acids is 1. The fraction of sp³-hybridized carbons (Fsp3) is 0.381. The van der Waals surface area contributed by atoms with Gasteiger partial charge in [0, 0.05) is 6.04 Å². The summed E-state index contributed by atoms with van der Waals surface area (Å²) >= 11 is 0. The van der Waals surface area contributed by atoms with E-state index >= 15 is 0 Å². The maximum Gasteiger partial charge on any atom is 0.258 e. The van der Waals surface area contributed by atoms with Crippen molar-refractivity contribution in [2.24, 2.45) is 0 Å². The van der Waals surface area contributed by atoms with Crippen LogP contribution in [0.25, 0.3) is 10.8 Å². The highest BCUT2D eigenvalue weighted by Gasteiger charge is 2.23. The second-order valence-electron chi connectivity index (χ2n) is 7.12. The normalized spacial score (nSPS) is 15.7. The summed E-state index contributed by atoms with van der Waals surface area (Å²) in [7, 11) is 0. The van der Waals surface area contributed by atoms with E-state index in [1.165, 1.54) is 12.8 Å². The number of hydrogen-bond acceptors (Lipinski definition) is 4. The molecule has 1 heterocycles. The van der Waals surface area contributed by atoms with Crippen LogP contribution < -0.4 is 10.1 Å². The Morgan fingerprint density at radius 2 is 2.00 bits per heavy atom. The maximum atomic E-state index is 12.3. The lowest BCUT2D eigenvalue weighted by molar-refractivity contribution is -0.123. The van der Waals surface area contributed by atoms with Crippen LogP contribution >= 0.6 is 0 Å². The quantitative estimate of drug-likeness (QED) is 0.722. The van der Waals surface area contributed by atoms with Gasteiger partial charge in [-0.1, -0.05) is 43.2 Å². The second kappa shape index (κ2) is 7.78. The van der Waals surface area contributed by atoms with E-state index in [0.717, 1.165) is 29.4 Å². The van der Waals surface area contributed by atoms with E-state index in [1.54, 1.807) is 6.33 Å². The molecule has 6 nitrogen and oxygen atoms in total. The Hall–Kier alpha value is -2.89. The molecule has 1 amide bonds. The van der Waals surface area contributed by atoms with E-state index in [9.17, 15) is 4.79 Å². The van der Waals surface area contributed by atoms with Crippen LogP contribution in [0.2, 0.25) is 0 Å². The Morgan fingerprint density at radius 1 is 1.22 bits per heavy atom. The van der Waals surface area contributed by atoms with Crippen molar-refractivity contribution in [1.29, 1.82) is 0 Å². The summed E-state index contributed by atoms with van der Waals surface area (Å²) in [6.45, 7) is 1.91. The minimum absolute atomic E-state index is 0.0275. The Morgan fingerprint density at radius 3 is 2.81 bits per heavy atom. The summed E-state index contributed by atoms with van der Waals surface area (Å²) in [6.07, 6.45) is 6.55. The minimum atomic E-state index is -0.208. The molecule has 1 saturated carbocycles. The summed E-state index contributed by atoms with van der Waals surface area (Å²) in [5.74, 6) is 1.32. The summed E-state index contributed by atoms with van der Waals surface area (Å²) in [4.78, 5) is 12.3. The number of hydrogen-bond donors (Lipinski definition) is 1. The number of carbonyl (C=O) groups is 1. The second-order valence-corrected chi connectivity index (χ2v) is 7.12. The molecule has 1 aliphatic rings. The molecular weight excluding hydrogens is 340 g/mol. The molecule has 0 spiro atoms. The lowest BCUT2D eigenvalue weighted by atomic mass is 10.1.